The average Bonchev–Trinajstić information content (AvgIpc) is 2.94. The van der Waals surface area contributed by atoms with E-state index in [0.29, 0.717) is 41.9 Å². The monoisotopic (exact) mass is 434 g/mol. The van der Waals surface area contributed by atoms with Crippen LogP contribution in [-0.4, -0.2) is 41.0 Å². The fraction of sp³-hybridized carbons (Fsp3) is 0.500. The summed E-state index contributed by atoms with van der Waals surface area (Å²) in [5.41, 5.74) is 2.90. The first-order valence-electron chi connectivity index (χ1n) is 10.2. The number of carbonyl (C=O) groups is 2. The first-order valence-corrected chi connectivity index (χ1v) is 10.6. The fourth-order valence-corrected chi connectivity index (χ4v) is 3.57. The van der Waals surface area contributed by atoms with Crippen LogP contribution < -0.4 is 10.6 Å². The molecule has 0 bridgehead atoms. The molecule has 0 aliphatic heterocycles. The van der Waals surface area contributed by atoms with Gasteiger partial charge < -0.3 is 15.4 Å². The van der Waals surface area contributed by atoms with Gasteiger partial charge in [-0.1, -0.05) is 43.6 Å². The number of nitrogens with zero attached hydrogens (tertiary/aromatic N) is 2. The number of halogens is 1. The van der Waals surface area contributed by atoms with E-state index in [9.17, 15) is 9.59 Å². The smallest absolute Gasteiger partial charge is 0.407 e. The number of amides is 2. The van der Waals surface area contributed by atoms with Gasteiger partial charge in [-0.2, -0.15) is 5.10 Å². The second kappa shape index (κ2) is 11.0. The number of carbonyl (C=O) groups excluding carboxylic acids is 2. The van der Waals surface area contributed by atoms with Gasteiger partial charge in [-0.3, -0.25) is 9.48 Å². The van der Waals surface area contributed by atoms with Crippen LogP contribution in [0.3, 0.4) is 0 Å². The highest BCUT2D eigenvalue weighted by Gasteiger charge is 2.21. The summed E-state index contributed by atoms with van der Waals surface area (Å²) in [6.45, 7) is 10.7. The van der Waals surface area contributed by atoms with E-state index >= 15 is 0 Å². The Bertz CT molecular complexity index is 879. The van der Waals surface area contributed by atoms with Crippen LogP contribution in [0.2, 0.25) is 5.02 Å². The summed E-state index contributed by atoms with van der Waals surface area (Å²) in [5.74, 6) is 0.144. The quantitative estimate of drug-likeness (QED) is 0.622. The van der Waals surface area contributed by atoms with Gasteiger partial charge in [-0.05, 0) is 44.7 Å². The molecule has 1 atom stereocenters. The minimum Gasteiger partial charge on any atom is -0.450 e. The number of aryl methyl sites for hydroxylation is 1. The number of alkyl carbamates (subject to hydrolysis) is 1. The van der Waals surface area contributed by atoms with Gasteiger partial charge in [-0.25, -0.2) is 4.79 Å². The van der Waals surface area contributed by atoms with Crippen LogP contribution in [0.1, 0.15) is 54.5 Å². The van der Waals surface area contributed by atoms with Gasteiger partial charge in [0.15, 0.2) is 0 Å². The number of nitrogens with one attached hydrogen (secondary N) is 2. The van der Waals surface area contributed by atoms with Crippen molar-refractivity contribution < 1.29 is 14.3 Å². The average molecular weight is 435 g/mol. The first-order chi connectivity index (χ1) is 14.2. The molecule has 8 heteroatoms. The van der Waals surface area contributed by atoms with Crippen LogP contribution in [0.4, 0.5) is 4.79 Å². The third kappa shape index (κ3) is 6.49. The van der Waals surface area contributed by atoms with Crippen LogP contribution in [0.25, 0.3) is 0 Å². The lowest BCUT2D eigenvalue weighted by molar-refractivity contribution is 0.0943. The van der Waals surface area contributed by atoms with Crippen molar-refractivity contribution in [2.75, 3.05) is 13.2 Å². The van der Waals surface area contributed by atoms with E-state index in [-0.39, 0.29) is 11.9 Å². The minimum absolute atomic E-state index is 0.213. The van der Waals surface area contributed by atoms with E-state index in [1.54, 1.807) is 11.6 Å². The molecule has 1 heterocycles. The van der Waals surface area contributed by atoms with Crippen molar-refractivity contribution in [1.82, 2.24) is 20.4 Å². The molecule has 1 aromatic carbocycles. The molecule has 0 fully saturated rings. The van der Waals surface area contributed by atoms with Crippen LogP contribution >= 0.6 is 11.6 Å². The maximum Gasteiger partial charge on any atom is 0.407 e. The molecule has 164 valence electrons. The summed E-state index contributed by atoms with van der Waals surface area (Å²) >= 11 is 6.26. The second-order valence-corrected chi connectivity index (χ2v) is 8.10. The molecule has 1 aromatic heterocycles. The van der Waals surface area contributed by atoms with Gasteiger partial charge in [0.25, 0.3) is 5.91 Å². The van der Waals surface area contributed by atoms with Gasteiger partial charge in [0, 0.05) is 23.3 Å². The van der Waals surface area contributed by atoms with Gasteiger partial charge in [0.1, 0.15) is 0 Å². The summed E-state index contributed by atoms with van der Waals surface area (Å²) in [4.78, 5) is 24.7. The van der Waals surface area contributed by atoms with Crippen molar-refractivity contribution in [3.8, 4) is 0 Å². The van der Waals surface area contributed by atoms with Crippen molar-refractivity contribution >= 4 is 23.6 Å². The molecule has 2 rings (SSSR count). The molecule has 2 amide bonds. The zero-order chi connectivity index (χ0) is 22.3. The molecule has 2 aromatic rings. The molecule has 0 aliphatic carbocycles. The van der Waals surface area contributed by atoms with Crippen molar-refractivity contribution in [3.63, 3.8) is 0 Å². The van der Waals surface area contributed by atoms with Gasteiger partial charge in [-0.15, -0.1) is 0 Å². The molecule has 0 saturated carbocycles. The van der Waals surface area contributed by atoms with Crippen molar-refractivity contribution in [2.45, 2.75) is 53.6 Å². The maximum absolute atomic E-state index is 12.9. The number of hydrogen-bond acceptors (Lipinski definition) is 4. The topological polar surface area (TPSA) is 85.2 Å². The minimum atomic E-state index is -0.475. The molecule has 0 saturated heterocycles. The Morgan fingerprint density at radius 1 is 1.23 bits per heavy atom. The molecule has 7 nitrogen and oxygen atoms in total. The summed E-state index contributed by atoms with van der Waals surface area (Å²) in [7, 11) is 0. The Morgan fingerprint density at radius 3 is 2.57 bits per heavy atom. The molecule has 1 unspecified atom stereocenters. The SMILES string of the molecule is CCOC(=O)NC(CNC(=O)c1c(C)nn(Cc2ccccc2Cl)c1C)CC(C)C. The lowest BCUT2D eigenvalue weighted by atomic mass is 10.0. The van der Waals surface area contributed by atoms with Crippen molar-refractivity contribution in [2.24, 2.45) is 5.92 Å². The highest BCUT2D eigenvalue weighted by molar-refractivity contribution is 6.31. The summed E-state index contributed by atoms with van der Waals surface area (Å²) in [6, 6.07) is 7.36. The normalized spacial score (nSPS) is 12.0. The Balaban J connectivity index is 2.09. The number of benzene rings is 1. The highest BCUT2D eigenvalue weighted by Crippen LogP contribution is 2.19. The van der Waals surface area contributed by atoms with Gasteiger partial charge in [0.2, 0.25) is 0 Å². The highest BCUT2D eigenvalue weighted by atomic mass is 35.5. The summed E-state index contributed by atoms with van der Waals surface area (Å²) in [5, 5.41) is 10.9. The Labute approximate surface area is 183 Å². The number of ether oxygens (including phenoxy) is 1. The summed E-state index contributed by atoms with van der Waals surface area (Å²) < 4.78 is 6.75. The van der Waals surface area contributed by atoms with Crippen LogP contribution in [0, 0.1) is 19.8 Å². The van der Waals surface area contributed by atoms with E-state index in [1.165, 1.54) is 0 Å². The third-order valence-corrected chi connectivity index (χ3v) is 5.12. The second-order valence-electron chi connectivity index (χ2n) is 7.70. The first kappa shape index (κ1) is 23.7. The van der Waals surface area contributed by atoms with Gasteiger partial charge in [0.05, 0.1) is 24.4 Å². The van der Waals surface area contributed by atoms with Crippen molar-refractivity contribution in [1.29, 1.82) is 0 Å². The number of aromatic nitrogens is 2. The van der Waals surface area contributed by atoms with Crippen LogP contribution in [-0.2, 0) is 11.3 Å². The molecular weight excluding hydrogens is 404 g/mol. The van der Waals surface area contributed by atoms with E-state index < -0.39 is 6.09 Å². The molecule has 0 spiro atoms. The van der Waals surface area contributed by atoms with Crippen LogP contribution in [0.15, 0.2) is 24.3 Å². The largest absolute Gasteiger partial charge is 0.450 e. The van der Waals surface area contributed by atoms with E-state index in [0.717, 1.165) is 17.7 Å². The molecule has 30 heavy (non-hydrogen) atoms. The van der Waals surface area contributed by atoms with Crippen LogP contribution in [0.5, 0.6) is 0 Å². The Kier molecular flexibility index (Phi) is 8.72. The Hall–Kier alpha value is -2.54. The molecule has 2 N–H and O–H groups in total. The predicted octanol–water partition coefficient (Wildman–Crippen LogP) is 4.09. The fourth-order valence-electron chi connectivity index (χ4n) is 3.37. The van der Waals surface area contributed by atoms with Gasteiger partial charge >= 0.3 is 6.09 Å². The van der Waals surface area contributed by atoms with E-state index in [2.05, 4.69) is 29.6 Å². The number of hydrogen-bond donors (Lipinski definition) is 2. The number of rotatable bonds is 9. The van der Waals surface area contributed by atoms with E-state index in [1.807, 2.05) is 38.1 Å². The Morgan fingerprint density at radius 2 is 1.93 bits per heavy atom. The zero-order valence-electron chi connectivity index (χ0n) is 18.3. The standard InChI is InChI=1S/C22H31ClN4O3/c1-6-30-22(29)25-18(11-14(2)3)12-24-21(28)20-15(4)26-27(16(20)5)13-17-9-7-8-10-19(17)23/h7-10,14,18H,6,11-13H2,1-5H3,(H,24,28)(H,25,29). The van der Waals surface area contributed by atoms with E-state index in [4.69, 9.17) is 16.3 Å². The lowest BCUT2D eigenvalue weighted by Crippen LogP contribution is -2.44. The predicted molar refractivity (Wildman–Crippen MR) is 118 cm³/mol. The lowest BCUT2D eigenvalue weighted by Gasteiger charge is -2.20. The maximum atomic E-state index is 12.9. The van der Waals surface area contributed by atoms with Crippen molar-refractivity contribution in [3.05, 3.63) is 51.8 Å². The molecular formula is C22H31ClN4O3. The summed E-state index contributed by atoms with van der Waals surface area (Å²) in [6.07, 6.45) is 0.250. The third-order valence-electron chi connectivity index (χ3n) is 4.75. The zero-order valence-corrected chi connectivity index (χ0v) is 19.0. The molecule has 0 aliphatic rings. The molecule has 0 radical (unpaired) electrons.